The van der Waals surface area contributed by atoms with Gasteiger partial charge in [-0.05, 0) is 83.1 Å². The molecule has 3 heterocycles. The molecule has 52 heavy (non-hydrogen) atoms. The summed E-state index contributed by atoms with van der Waals surface area (Å²) in [6.07, 6.45) is 0. The molecule has 0 amide bonds. The van der Waals surface area contributed by atoms with Crippen LogP contribution in [0.5, 0.6) is 17.2 Å². The third-order valence-corrected chi connectivity index (χ3v) is 15.3. The Hall–Kier alpha value is -6.37. The van der Waals surface area contributed by atoms with Gasteiger partial charge in [0.05, 0.1) is 22.1 Å². The molecular formula is C46H35N3O2Si. The van der Waals surface area contributed by atoms with Crippen LogP contribution >= 0.6 is 0 Å². The average molecular weight is 690 g/mol. The number of fused-ring (bicyclic) bond motifs is 7. The minimum absolute atomic E-state index is 0.647. The molecule has 0 unspecified atom stereocenters. The van der Waals surface area contributed by atoms with Crippen LogP contribution in [0.15, 0.2) is 176 Å². The summed E-state index contributed by atoms with van der Waals surface area (Å²) in [6.45, 7) is 4.26. The summed E-state index contributed by atoms with van der Waals surface area (Å²) in [6, 6.07) is 62.7. The van der Waals surface area contributed by atoms with Gasteiger partial charge in [-0.25, -0.2) is 4.98 Å². The van der Waals surface area contributed by atoms with Crippen LogP contribution in [0.4, 0.5) is 0 Å². The molecule has 7 aromatic carbocycles. The highest BCUT2D eigenvalue weighted by atomic mass is 28.3. The Balaban J connectivity index is 1.32. The number of rotatable bonds is 5. The van der Waals surface area contributed by atoms with E-state index < -0.39 is 13.7 Å². The van der Waals surface area contributed by atoms with Crippen molar-refractivity contribution in [1.82, 2.24) is 14.0 Å². The number of imidazole rings is 2. The lowest BCUT2D eigenvalue weighted by molar-refractivity contribution is 0.111. The SMILES string of the molecule is CC1(C)Oc2ccccc2Oc2c1cccc2[Si](c1ccccc1)(c1ccccc1)c1cccc(-n2c3ccccc3n3c4ccccc4nc23)c1. The molecule has 5 nitrogen and oxygen atoms in total. The molecule has 0 fully saturated rings. The van der Waals surface area contributed by atoms with E-state index in [1.807, 2.05) is 24.3 Å². The monoisotopic (exact) mass is 689 g/mol. The van der Waals surface area contributed by atoms with Crippen molar-refractivity contribution in [1.29, 1.82) is 0 Å². The summed E-state index contributed by atoms with van der Waals surface area (Å²) in [5, 5.41) is 4.94. The zero-order chi connectivity index (χ0) is 34.9. The fourth-order valence-electron chi connectivity index (χ4n) is 8.30. The Morgan fingerprint density at radius 2 is 1.13 bits per heavy atom. The molecule has 6 heteroatoms. The van der Waals surface area contributed by atoms with E-state index in [2.05, 4.69) is 174 Å². The van der Waals surface area contributed by atoms with Crippen molar-refractivity contribution in [2.75, 3.05) is 0 Å². The van der Waals surface area contributed by atoms with Crippen LogP contribution in [0.1, 0.15) is 19.4 Å². The van der Waals surface area contributed by atoms with Crippen molar-refractivity contribution in [3.63, 3.8) is 0 Å². The minimum atomic E-state index is -3.12. The zero-order valence-corrected chi connectivity index (χ0v) is 29.9. The molecule has 0 N–H and O–H groups in total. The van der Waals surface area contributed by atoms with E-state index in [0.29, 0.717) is 5.75 Å². The normalized spacial score (nSPS) is 13.7. The number of ether oxygens (including phenoxy) is 2. The Labute approximate surface area is 303 Å². The first-order chi connectivity index (χ1) is 25.5. The second-order valence-electron chi connectivity index (χ2n) is 13.9. The van der Waals surface area contributed by atoms with Gasteiger partial charge in [0.1, 0.15) is 11.4 Å². The number of hydrogen-bond acceptors (Lipinski definition) is 3. The van der Waals surface area contributed by atoms with Gasteiger partial charge in [-0.2, -0.15) is 0 Å². The summed E-state index contributed by atoms with van der Waals surface area (Å²) in [5.41, 5.74) is 5.71. The molecule has 9 aromatic rings. The van der Waals surface area contributed by atoms with E-state index in [-0.39, 0.29) is 0 Å². The van der Waals surface area contributed by atoms with Gasteiger partial charge in [-0.15, -0.1) is 0 Å². The van der Waals surface area contributed by atoms with E-state index in [0.717, 1.165) is 50.6 Å². The molecule has 0 spiro atoms. The molecule has 0 bridgehead atoms. The largest absolute Gasteiger partial charge is 0.479 e. The minimum Gasteiger partial charge on any atom is -0.479 e. The molecule has 1 aliphatic heterocycles. The van der Waals surface area contributed by atoms with Crippen LogP contribution < -0.4 is 30.2 Å². The lowest BCUT2D eigenvalue weighted by Crippen LogP contribution is -2.75. The van der Waals surface area contributed by atoms with Gasteiger partial charge in [0, 0.05) is 11.3 Å². The van der Waals surface area contributed by atoms with Crippen LogP contribution in [0.2, 0.25) is 0 Å². The molecule has 0 radical (unpaired) electrons. The van der Waals surface area contributed by atoms with Gasteiger partial charge in [0.15, 0.2) is 19.6 Å². The predicted octanol–water partition coefficient (Wildman–Crippen LogP) is 8.23. The topological polar surface area (TPSA) is 40.7 Å². The third kappa shape index (κ3) is 4.44. The lowest BCUT2D eigenvalue weighted by Gasteiger charge is -2.37. The van der Waals surface area contributed by atoms with Crippen LogP contribution in [0.3, 0.4) is 0 Å². The van der Waals surface area contributed by atoms with Crippen molar-refractivity contribution in [2.24, 2.45) is 0 Å². The highest BCUT2D eigenvalue weighted by Gasteiger charge is 2.46. The molecule has 2 aromatic heterocycles. The summed E-state index contributed by atoms with van der Waals surface area (Å²) in [5.74, 6) is 3.19. The summed E-state index contributed by atoms with van der Waals surface area (Å²) in [4.78, 5) is 5.20. The average Bonchev–Trinajstić information content (AvgIpc) is 3.68. The van der Waals surface area contributed by atoms with Gasteiger partial charge in [-0.1, -0.05) is 127 Å². The molecule has 0 saturated carbocycles. The Kier molecular flexibility index (Phi) is 6.78. The van der Waals surface area contributed by atoms with Crippen LogP contribution in [0, 0.1) is 0 Å². The standard InChI is InChI=1S/C46H35N3O2Si/c1-46(2)36-23-16-30-43(44(36)50-41-28-13-14-29-42(41)51-46)52(33-18-5-3-6-19-33,34-20-7-4-8-21-34)35-22-15-17-32(31-35)48-39-26-11-12-27-40(39)49-38-25-10-9-24-37(38)47-45(48)49/h3-31H,1-2H3. The van der Waals surface area contributed by atoms with Crippen molar-refractivity contribution >= 4 is 56.7 Å². The van der Waals surface area contributed by atoms with Crippen molar-refractivity contribution < 1.29 is 9.47 Å². The Morgan fingerprint density at radius 3 is 1.88 bits per heavy atom. The number of benzene rings is 7. The van der Waals surface area contributed by atoms with E-state index in [9.17, 15) is 0 Å². The third-order valence-electron chi connectivity index (χ3n) is 10.6. The van der Waals surface area contributed by atoms with Crippen molar-refractivity contribution in [3.8, 4) is 22.9 Å². The smallest absolute Gasteiger partial charge is 0.220 e. The quantitative estimate of drug-likeness (QED) is 0.135. The van der Waals surface area contributed by atoms with Crippen LogP contribution in [-0.4, -0.2) is 22.0 Å². The van der Waals surface area contributed by atoms with E-state index in [4.69, 9.17) is 14.5 Å². The fourth-order valence-corrected chi connectivity index (χ4v) is 13.2. The number of para-hydroxylation sites is 7. The summed E-state index contributed by atoms with van der Waals surface area (Å²) < 4.78 is 18.4. The highest BCUT2D eigenvalue weighted by molar-refractivity contribution is 7.20. The van der Waals surface area contributed by atoms with Crippen LogP contribution in [-0.2, 0) is 5.60 Å². The fraction of sp³-hybridized carbons (Fsp3) is 0.0652. The molecule has 0 aliphatic carbocycles. The van der Waals surface area contributed by atoms with E-state index in [1.165, 1.54) is 20.7 Å². The van der Waals surface area contributed by atoms with Gasteiger partial charge in [0.2, 0.25) is 5.78 Å². The molecular weight excluding hydrogens is 655 g/mol. The second-order valence-corrected chi connectivity index (χ2v) is 17.7. The zero-order valence-electron chi connectivity index (χ0n) is 28.9. The van der Waals surface area contributed by atoms with E-state index in [1.54, 1.807) is 0 Å². The maximum atomic E-state index is 7.08. The molecule has 250 valence electrons. The van der Waals surface area contributed by atoms with Gasteiger partial charge < -0.3 is 9.47 Å². The van der Waals surface area contributed by atoms with E-state index >= 15 is 0 Å². The lowest BCUT2D eigenvalue weighted by atomic mass is 9.97. The number of nitrogens with zero attached hydrogens (tertiary/aromatic N) is 3. The van der Waals surface area contributed by atoms with Gasteiger partial charge >= 0.3 is 0 Å². The number of aromatic nitrogens is 3. The van der Waals surface area contributed by atoms with Gasteiger partial charge in [0.25, 0.3) is 0 Å². The first-order valence-corrected chi connectivity index (χ1v) is 19.7. The van der Waals surface area contributed by atoms with Crippen LogP contribution in [0.25, 0.3) is 33.5 Å². The highest BCUT2D eigenvalue weighted by Crippen LogP contribution is 2.44. The maximum absolute atomic E-state index is 7.08. The maximum Gasteiger partial charge on any atom is 0.220 e. The Morgan fingerprint density at radius 1 is 0.538 bits per heavy atom. The molecule has 0 atom stereocenters. The Bertz CT molecular complexity index is 2750. The first-order valence-electron chi connectivity index (χ1n) is 17.7. The number of hydrogen-bond donors (Lipinski definition) is 0. The summed E-state index contributed by atoms with van der Waals surface area (Å²) >= 11 is 0. The molecule has 0 saturated heterocycles. The second kappa shape index (κ2) is 11.6. The predicted molar refractivity (Wildman–Crippen MR) is 213 cm³/mol. The first kappa shape index (κ1) is 30.5. The molecule has 10 rings (SSSR count). The molecule has 1 aliphatic rings. The van der Waals surface area contributed by atoms with Gasteiger partial charge in [-0.3, -0.25) is 8.97 Å². The summed E-state index contributed by atoms with van der Waals surface area (Å²) in [7, 11) is -3.12. The van der Waals surface area contributed by atoms with Crippen molar-refractivity contribution in [2.45, 2.75) is 19.4 Å². The van der Waals surface area contributed by atoms with Crippen molar-refractivity contribution in [3.05, 3.63) is 181 Å².